The molecule has 0 unspecified atom stereocenters. The molecule has 0 aliphatic heterocycles. The van der Waals surface area contributed by atoms with Crippen molar-refractivity contribution in [1.82, 2.24) is 20.2 Å². The van der Waals surface area contributed by atoms with Crippen molar-refractivity contribution >= 4 is 23.5 Å². The summed E-state index contributed by atoms with van der Waals surface area (Å²) in [7, 11) is 9.30. The molecule has 3 aromatic rings. The molecule has 198 valence electrons. The molecule has 0 atom stereocenters. The summed E-state index contributed by atoms with van der Waals surface area (Å²) in [6, 6.07) is 15.7. The standard InChI is InChI=1S/C28H37N5O3S/c1-20-17-26(33(4)15-13-21-9-12-24(35-5)25(18-21)36-6)31-28(30-20)37-19-22-7-10-23(11-8-22)27(34)29-14-16-32(2)3/h7-12,17-18H,13-16,19H2,1-6H3,(H,29,34). The molecule has 0 saturated carbocycles. The van der Waals surface area contributed by atoms with Crippen LogP contribution in [0, 0.1) is 6.92 Å². The summed E-state index contributed by atoms with van der Waals surface area (Å²) in [5.41, 5.74) is 3.87. The fraction of sp³-hybridized carbons (Fsp3) is 0.393. The van der Waals surface area contributed by atoms with E-state index in [9.17, 15) is 4.79 Å². The quantitative estimate of drug-likeness (QED) is 0.265. The van der Waals surface area contributed by atoms with Crippen molar-refractivity contribution in [2.45, 2.75) is 24.3 Å². The number of methoxy groups -OCH3 is 2. The molecule has 9 heteroatoms. The molecule has 0 saturated heterocycles. The number of thioether (sulfide) groups is 1. The van der Waals surface area contributed by atoms with Gasteiger partial charge in [-0.15, -0.1) is 0 Å². The van der Waals surface area contributed by atoms with Gasteiger partial charge in [0.1, 0.15) is 5.82 Å². The summed E-state index contributed by atoms with van der Waals surface area (Å²) in [6.45, 7) is 4.22. The van der Waals surface area contributed by atoms with Gasteiger partial charge in [-0.2, -0.15) is 0 Å². The maximum atomic E-state index is 12.3. The number of likely N-dealkylation sites (N-methyl/N-ethyl adjacent to an activating group) is 2. The number of ether oxygens (including phenoxy) is 2. The van der Waals surface area contributed by atoms with E-state index < -0.39 is 0 Å². The normalized spacial score (nSPS) is 10.9. The highest BCUT2D eigenvalue weighted by molar-refractivity contribution is 7.98. The Hall–Kier alpha value is -3.30. The van der Waals surface area contributed by atoms with Crippen LogP contribution in [0.25, 0.3) is 0 Å². The maximum Gasteiger partial charge on any atom is 0.251 e. The number of hydrogen-bond acceptors (Lipinski definition) is 8. The third kappa shape index (κ3) is 8.65. The summed E-state index contributed by atoms with van der Waals surface area (Å²) in [6.07, 6.45) is 0.845. The second-order valence-corrected chi connectivity index (χ2v) is 10.00. The number of amides is 1. The smallest absolute Gasteiger partial charge is 0.251 e. The van der Waals surface area contributed by atoms with Gasteiger partial charge in [0.25, 0.3) is 5.91 Å². The summed E-state index contributed by atoms with van der Waals surface area (Å²) in [5, 5.41) is 3.67. The maximum absolute atomic E-state index is 12.3. The van der Waals surface area contributed by atoms with Gasteiger partial charge in [0, 0.05) is 49.8 Å². The number of hydrogen-bond donors (Lipinski definition) is 1. The van der Waals surface area contributed by atoms with Crippen molar-refractivity contribution in [2.75, 3.05) is 59.9 Å². The first-order valence-electron chi connectivity index (χ1n) is 12.2. The van der Waals surface area contributed by atoms with Crippen LogP contribution in [-0.2, 0) is 12.2 Å². The van der Waals surface area contributed by atoms with Gasteiger partial charge < -0.3 is 24.6 Å². The first kappa shape index (κ1) is 28.3. The van der Waals surface area contributed by atoms with E-state index in [0.29, 0.717) is 12.1 Å². The molecule has 1 amide bonds. The molecular formula is C28H37N5O3S. The van der Waals surface area contributed by atoms with Crippen molar-refractivity contribution in [3.63, 3.8) is 0 Å². The predicted octanol–water partition coefficient (Wildman–Crippen LogP) is 4.06. The van der Waals surface area contributed by atoms with E-state index in [0.717, 1.165) is 59.0 Å². The molecule has 1 heterocycles. The summed E-state index contributed by atoms with van der Waals surface area (Å²) in [5.74, 6) is 3.02. The Balaban J connectivity index is 1.56. The number of benzene rings is 2. The largest absolute Gasteiger partial charge is 0.493 e. The predicted molar refractivity (Wildman–Crippen MR) is 150 cm³/mol. The van der Waals surface area contributed by atoms with Crippen molar-refractivity contribution in [1.29, 1.82) is 0 Å². The van der Waals surface area contributed by atoms with E-state index in [2.05, 4.69) is 21.3 Å². The Morgan fingerprint density at radius 1 is 0.919 bits per heavy atom. The summed E-state index contributed by atoms with van der Waals surface area (Å²) < 4.78 is 10.8. The Kier molecular flexibility index (Phi) is 10.6. The van der Waals surface area contributed by atoms with Crippen LogP contribution in [0.4, 0.5) is 5.82 Å². The van der Waals surface area contributed by atoms with Crippen molar-refractivity contribution in [2.24, 2.45) is 0 Å². The SMILES string of the molecule is COc1ccc(CCN(C)c2cc(C)nc(SCc3ccc(C(=O)NCCN(C)C)cc3)n2)cc1OC. The minimum Gasteiger partial charge on any atom is -0.493 e. The molecule has 0 aliphatic rings. The van der Waals surface area contributed by atoms with E-state index in [1.54, 1.807) is 26.0 Å². The first-order valence-corrected chi connectivity index (χ1v) is 13.2. The number of rotatable bonds is 13. The number of nitrogens with one attached hydrogen (secondary N) is 1. The second kappa shape index (κ2) is 13.9. The molecule has 0 fully saturated rings. The molecule has 0 spiro atoms. The zero-order valence-electron chi connectivity index (χ0n) is 22.6. The molecular weight excluding hydrogens is 486 g/mol. The van der Waals surface area contributed by atoms with Crippen LogP contribution in [-0.4, -0.2) is 75.8 Å². The molecule has 3 rings (SSSR count). The van der Waals surface area contributed by atoms with Crippen LogP contribution in [0.15, 0.2) is 53.7 Å². The van der Waals surface area contributed by atoms with E-state index in [1.807, 2.05) is 75.4 Å². The van der Waals surface area contributed by atoms with Gasteiger partial charge in [-0.1, -0.05) is 30.0 Å². The fourth-order valence-corrected chi connectivity index (χ4v) is 4.48. The lowest BCUT2D eigenvalue weighted by molar-refractivity contribution is 0.0951. The van der Waals surface area contributed by atoms with Gasteiger partial charge in [-0.3, -0.25) is 4.79 Å². The van der Waals surface area contributed by atoms with Gasteiger partial charge in [0.05, 0.1) is 14.2 Å². The van der Waals surface area contributed by atoms with Crippen LogP contribution < -0.4 is 19.7 Å². The third-order valence-electron chi connectivity index (χ3n) is 5.82. The lowest BCUT2D eigenvalue weighted by Gasteiger charge is -2.19. The van der Waals surface area contributed by atoms with E-state index in [-0.39, 0.29) is 5.91 Å². The molecule has 1 N–H and O–H groups in total. The lowest BCUT2D eigenvalue weighted by Crippen LogP contribution is -2.31. The van der Waals surface area contributed by atoms with E-state index in [1.165, 1.54) is 5.56 Å². The Bertz CT molecular complexity index is 1170. The minimum absolute atomic E-state index is 0.0520. The molecule has 2 aromatic carbocycles. The first-order chi connectivity index (χ1) is 17.8. The number of carbonyl (C=O) groups is 1. The van der Waals surface area contributed by atoms with Crippen molar-refractivity contribution < 1.29 is 14.3 Å². The van der Waals surface area contributed by atoms with Crippen LogP contribution in [0.5, 0.6) is 11.5 Å². The van der Waals surface area contributed by atoms with Gasteiger partial charge in [0.15, 0.2) is 16.7 Å². The van der Waals surface area contributed by atoms with Gasteiger partial charge >= 0.3 is 0 Å². The average Bonchev–Trinajstić information content (AvgIpc) is 2.90. The summed E-state index contributed by atoms with van der Waals surface area (Å²) in [4.78, 5) is 25.9. The highest BCUT2D eigenvalue weighted by Gasteiger charge is 2.11. The van der Waals surface area contributed by atoms with E-state index in [4.69, 9.17) is 14.5 Å². The van der Waals surface area contributed by atoms with Crippen LogP contribution in [0.1, 0.15) is 27.2 Å². The Morgan fingerprint density at radius 3 is 2.30 bits per heavy atom. The fourth-order valence-electron chi connectivity index (χ4n) is 3.63. The van der Waals surface area contributed by atoms with E-state index >= 15 is 0 Å². The molecule has 8 nitrogen and oxygen atoms in total. The van der Waals surface area contributed by atoms with Gasteiger partial charge in [-0.25, -0.2) is 9.97 Å². The monoisotopic (exact) mass is 523 g/mol. The molecule has 0 radical (unpaired) electrons. The van der Waals surface area contributed by atoms with Crippen LogP contribution in [0.2, 0.25) is 0 Å². The van der Waals surface area contributed by atoms with Crippen LogP contribution in [0.3, 0.4) is 0 Å². The second-order valence-electron chi connectivity index (χ2n) is 9.06. The van der Waals surface area contributed by atoms with Crippen LogP contribution >= 0.6 is 11.8 Å². The Labute approximate surface area is 224 Å². The topological polar surface area (TPSA) is 79.8 Å². The highest BCUT2D eigenvalue weighted by atomic mass is 32.2. The number of aryl methyl sites for hydroxylation is 1. The average molecular weight is 524 g/mol. The molecule has 0 aliphatic carbocycles. The molecule has 1 aromatic heterocycles. The number of anilines is 1. The van der Waals surface area contributed by atoms with Gasteiger partial charge in [-0.05, 0) is 62.8 Å². The van der Waals surface area contributed by atoms with Crippen molar-refractivity contribution in [3.8, 4) is 11.5 Å². The number of nitrogens with zero attached hydrogens (tertiary/aromatic N) is 4. The zero-order chi connectivity index (χ0) is 26.8. The number of carbonyl (C=O) groups excluding carboxylic acids is 1. The lowest BCUT2D eigenvalue weighted by atomic mass is 10.1. The third-order valence-corrected chi connectivity index (χ3v) is 6.74. The number of aromatic nitrogens is 2. The Morgan fingerprint density at radius 2 is 1.62 bits per heavy atom. The van der Waals surface area contributed by atoms with Crippen molar-refractivity contribution in [3.05, 3.63) is 70.9 Å². The highest BCUT2D eigenvalue weighted by Crippen LogP contribution is 2.28. The summed E-state index contributed by atoms with van der Waals surface area (Å²) >= 11 is 1.59. The molecule has 0 bridgehead atoms. The zero-order valence-corrected chi connectivity index (χ0v) is 23.4. The molecule has 37 heavy (non-hydrogen) atoms. The minimum atomic E-state index is -0.0520. The van der Waals surface area contributed by atoms with Gasteiger partial charge in [0.2, 0.25) is 0 Å².